The number of carbonyl (C=O) groups is 2. The molecule has 0 aromatic rings. The number of fused-ring (bicyclic) bond motifs is 2. The summed E-state index contributed by atoms with van der Waals surface area (Å²) in [5.74, 6) is -1.02. The zero-order valence-electron chi connectivity index (χ0n) is 8.01. The third kappa shape index (κ3) is 1.31. The van der Waals surface area contributed by atoms with E-state index >= 15 is 0 Å². The maximum Gasteiger partial charge on any atom is 0.308 e. The first-order valence-corrected chi connectivity index (χ1v) is 4.78. The smallest absolute Gasteiger partial charge is 0.308 e. The summed E-state index contributed by atoms with van der Waals surface area (Å²) >= 11 is 0. The molecule has 3 atom stereocenters. The van der Waals surface area contributed by atoms with Gasteiger partial charge in [-0.25, -0.2) is 0 Å². The van der Waals surface area contributed by atoms with Crippen LogP contribution in [0.25, 0.3) is 0 Å². The van der Waals surface area contributed by atoms with E-state index in [-0.39, 0.29) is 17.9 Å². The van der Waals surface area contributed by atoms with Crippen molar-refractivity contribution in [3.8, 4) is 0 Å². The monoisotopic (exact) mass is 195 g/mol. The fraction of sp³-hybridized carbons (Fsp3) is 0.600. The summed E-state index contributed by atoms with van der Waals surface area (Å²) in [4.78, 5) is 23.9. The van der Waals surface area contributed by atoms with E-state index in [0.29, 0.717) is 13.0 Å². The highest BCUT2D eigenvalue weighted by Gasteiger charge is 2.42. The summed E-state index contributed by atoms with van der Waals surface area (Å²) in [6.45, 7) is 2.17. The lowest BCUT2D eigenvalue weighted by molar-refractivity contribution is -0.149. The van der Waals surface area contributed by atoms with E-state index in [9.17, 15) is 9.59 Å². The van der Waals surface area contributed by atoms with Crippen LogP contribution in [0.15, 0.2) is 12.2 Å². The van der Waals surface area contributed by atoms with Gasteiger partial charge >= 0.3 is 5.97 Å². The maximum absolute atomic E-state index is 11.3. The molecule has 4 heteroatoms. The molecule has 76 valence electrons. The van der Waals surface area contributed by atoms with E-state index in [2.05, 4.69) is 0 Å². The Kier molecular flexibility index (Phi) is 2.06. The average Bonchev–Trinajstić information content (AvgIpc) is 2.18. The van der Waals surface area contributed by atoms with Gasteiger partial charge in [0.2, 0.25) is 5.91 Å². The van der Waals surface area contributed by atoms with Gasteiger partial charge in [-0.2, -0.15) is 0 Å². The molecule has 1 amide bonds. The number of carboxylic acid groups (broad SMARTS) is 1. The molecule has 2 heterocycles. The van der Waals surface area contributed by atoms with Gasteiger partial charge in [-0.3, -0.25) is 9.59 Å². The molecule has 4 nitrogen and oxygen atoms in total. The molecule has 1 aliphatic carbocycles. The zero-order chi connectivity index (χ0) is 10.3. The summed E-state index contributed by atoms with van der Waals surface area (Å²) in [6.07, 6.45) is 4.56. The van der Waals surface area contributed by atoms with E-state index in [1.165, 1.54) is 6.92 Å². The lowest BCUT2D eigenvalue weighted by atomic mass is 9.77. The highest BCUT2D eigenvalue weighted by atomic mass is 16.4. The van der Waals surface area contributed by atoms with E-state index in [1.807, 2.05) is 12.2 Å². The molecule has 0 saturated carbocycles. The standard InChI is InChI=1S/C10H13NO3/c1-6(12)11-5-7-2-3-9(11)8(4-7)10(13)14/h2-3,7-9H,4-5H2,1H3,(H,13,14). The third-order valence-electron chi connectivity index (χ3n) is 3.06. The number of hydrogen-bond acceptors (Lipinski definition) is 2. The van der Waals surface area contributed by atoms with Crippen LogP contribution in [0, 0.1) is 11.8 Å². The highest BCUT2D eigenvalue weighted by Crippen LogP contribution is 2.34. The molecule has 3 aliphatic rings. The van der Waals surface area contributed by atoms with Crippen molar-refractivity contribution in [3.05, 3.63) is 12.2 Å². The highest BCUT2D eigenvalue weighted by molar-refractivity contribution is 5.78. The molecule has 14 heavy (non-hydrogen) atoms. The van der Waals surface area contributed by atoms with Gasteiger partial charge < -0.3 is 10.0 Å². The molecule has 2 aliphatic heterocycles. The molecule has 0 radical (unpaired) electrons. The molecule has 1 fully saturated rings. The van der Waals surface area contributed by atoms with Crippen molar-refractivity contribution in [1.82, 2.24) is 4.90 Å². The van der Waals surface area contributed by atoms with Gasteiger partial charge in [0.05, 0.1) is 12.0 Å². The van der Waals surface area contributed by atoms with Crippen molar-refractivity contribution in [1.29, 1.82) is 0 Å². The number of rotatable bonds is 1. The topological polar surface area (TPSA) is 57.6 Å². The molecule has 1 N–H and O–H groups in total. The number of piperidine rings is 1. The van der Waals surface area contributed by atoms with Gasteiger partial charge in [0.25, 0.3) is 0 Å². The van der Waals surface area contributed by atoms with Crippen molar-refractivity contribution in [2.75, 3.05) is 6.54 Å². The summed E-state index contributed by atoms with van der Waals surface area (Å²) in [5, 5.41) is 8.99. The van der Waals surface area contributed by atoms with Crippen LogP contribution in [-0.4, -0.2) is 34.5 Å². The van der Waals surface area contributed by atoms with Crippen molar-refractivity contribution in [2.24, 2.45) is 11.8 Å². The van der Waals surface area contributed by atoms with Crippen LogP contribution in [0.2, 0.25) is 0 Å². The second-order valence-electron chi connectivity index (χ2n) is 3.99. The molecule has 0 spiro atoms. The Morgan fingerprint density at radius 3 is 2.64 bits per heavy atom. The minimum atomic E-state index is -0.796. The molecule has 3 rings (SSSR count). The Hall–Kier alpha value is -1.32. The second-order valence-corrected chi connectivity index (χ2v) is 3.99. The van der Waals surface area contributed by atoms with Crippen molar-refractivity contribution in [3.63, 3.8) is 0 Å². The van der Waals surface area contributed by atoms with Crippen molar-refractivity contribution >= 4 is 11.9 Å². The Morgan fingerprint density at radius 2 is 2.14 bits per heavy atom. The first-order chi connectivity index (χ1) is 6.59. The molecule has 1 saturated heterocycles. The van der Waals surface area contributed by atoms with Crippen LogP contribution in [-0.2, 0) is 9.59 Å². The van der Waals surface area contributed by atoms with Crippen LogP contribution in [0.4, 0.5) is 0 Å². The third-order valence-corrected chi connectivity index (χ3v) is 3.06. The van der Waals surface area contributed by atoms with Crippen LogP contribution in [0.5, 0.6) is 0 Å². The van der Waals surface area contributed by atoms with Crippen LogP contribution >= 0.6 is 0 Å². The predicted octanol–water partition coefficient (Wildman–Crippen LogP) is 0.494. The second kappa shape index (κ2) is 3.12. The van der Waals surface area contributed by atoms with Gasteiger partial charge in [0.1, 0.15) is 0 Å². The number of hydrogen-bond donors (Lipinski definition) is 1. The minimum absolute atomic E-state index is 0.0321. The van der Waals surface area contributed by atoms with Gasteiger partial charge in [0.15, 0.2) is 0 Å². The Morgan fingerprint density at radius 1 is 1.43 bits per heavy atom. The zero-order valence-corrected chi connectivity index (χ0v) is 8.01. The Balaban J connectivity index is 2.25. The number of amides is 1. The van der Waals surface area contributed by atoms with Gasteiger partial charge in [0, 0.05) is 13.5 Å². The van der Waals surface area contributed by atoms with Crippen LogP contribution in [0.3, 0.4) is 0 Å². The number of aliphatic carboxylic acids is 1. The maximum atomic E-state index is 11.3. The average molecular weight is 195 g/mol. The van der Waals surface area contributed by atoms with E-state index in [1.54, 1.807) is 4.90 Å². The normalized spacial score (nSPS) is 34.6. The predicted molar refractivity (Wildman–Crippen MR) is 49.5 cm³/mol. The van der Waals surface area contributed by atoms with Gasteiger partial charge in [-0.1, -0.05) is 12.2 Å². The molecule has 0 aromatic heterocycles. The fourth-order valence-electron chi connectivity index (χ4n) is 2.37. The number of carbonyl (C=O) groups excluding carboxylic acids is 1. The van der Waals surface area contributed by atoms with E-state index < -0.39 is 11.9 Å². The molecular weight excluding hydrogens is 182 g/mol. The molecular formula is C10H13NO3. The number of nitrogens with zero attached hydrogens (tertiary/aromatic N) is 1. The quantitative estimate of drug-likeness (QED) is 0.619. The first-order valence-electron chi connectivity index (χ1n) is 4.78. The minimum Gasteiger partial charge on any atom is -0.481 e. The summed E-state index contributed by atoms with van der Waals surface area (Å²) in [7, 11) is 0. The largest absolute Gasteiger partial charge is 0.481 e. The first kappa shape index (κ1) is 9.24. The molecule has 3 unspecified atom stereocenters. The summed E-state index contributed by atoms with van der Waals surface area (Å²) in [6, 6.07) is -0.227. The molecule has 0 aromatic carbocycles. The Labute approximate surface area is 82.2 Å². The SMILES string of the molecule is CC(=O)N1CC2C=CC1C(C(=O)O)C2. The van der Waals surface area contributed by atoms with E-state index in [0.717, 1.165) is 0 Å². The fourth-order valence-corrected chi connectivity index (χ4v) is 2.37. The summed E-state index contributed by atoms with van der Waals surface area (Å²) < 4.78 is 0. The van der Waals surface area contributed by atoms with Gasteiger partial charge in [-0.05, 0) is 12.3 Å². The Bertz CT molecular complexity index is 286. The lowest BCUT2D eigenvalue weighted by Gasteiger charge is -2.44. The van der Waals surface area contributed by atoms with Crippen LogP contribution < -0.4 is 0 Å². The van der Waals surface area contributed by atoms with E-state index in [4.69, 9.17) is 5.11 Å². The van der Waals surface area contributed by atoms with Crippen LogP contribution in [0.1, 0.15) is 13.3 Å². The summed E-state index contributed by atoms with van der Waals surface area (Å²) in [5.41, 5.74) is 0. The van der Waals surface area contributed by atoms with Crippen molar-refractivity contribution < 1.29 is 14.7 Å². The lowest BCUT2D eigenvalue weighted by Crippen LogP contribution is -2.54. The molecule has 2 bridgehead atoms. The number of carboxylic acids is 1. The van der Waals surface area contributed by atoms with Crippen molar-refractivity contribution in [2.45, 2.75) is 19.4 Å². The van der Waals surface area contributed by atoms with Gasteiger partial charge in [-0.15, -0.1) is 0 Å².